The summed E-state index contributed by atoms with van der Waals surface area (Å²) in [5.74, 6) is -0.255. The number of hydrogen-bond acceptors (Lipinski definition) is 2. The molecule has 0 spiro atoms. The second kappa shape index (κ2) is 6.93. The molecule has 0 radical (unpaired) electrons. The summed E-state index contributed by atoms with van der Waals surface area (Å²) in [6.45, 7) is 5.13. The van der Waals surface area contributed by atoms with Crippen LogP contribution in [0.1, 0.15) is 36.5 Å². The Morgan fingerprint density at radius 3 is 2.10 bits per heavy atom. The topological polar surface area (TPSA) is 49.3 Å². The van der Waals surface area contributed by atoms with Gasteiger partial charge >= 0.3 is 5.97 Å². The third-order valence-electron chi connectivity index (χ3n) is 3.45. The van der Waals surface area contributed by atoms with Gasteiger partial charge in [0.1, 0.15) is 0 Å². The van der Waals surface area contributed by atoms with Gasteiger partial charge in [0.25, 0.3) is 0 Å². The molecule has 2 aromatic carbocycles. The Labute approximate surface area is 125 Å². The fourth-order valence-electron chi connectivity index (χ4n) is 2.14. The number of aliphatic carboxylic acids is 1. The van der Waals surface area contributed by atoms with Crippen molar-refractivity contribution in [1.29, 1.82) is 0 Å². The summed E-state index contributed by atoms with van der Waals surface area (Å²) in [6.07, 6.45) is 0.0664. The number of carboxylic acid groups (broad SMARTS) is 1. The van der Waals surface area contributed by atoms with Crippen LogP contribution in [-0.4, -0.2) is 11.1 Å². The van der Waals surface area contributed by atoms with Crippen LogP contribution in [0.2, 0.25) is 0 Å². The van der Waals surface area contributed by atoms with Crippen LogP contribution < -0.4 is 5.32 Å². The Balaban J connectivity index is 1.91. The van der Waals surface area contributed by atoms with Crippen molar-refractivity contribution >= 4 is 11.7 Å². The van der Waals surface area contributed by atoms with Gasteiger partial charge in [-0.05, 0) is 34.7 Å². The maximum atomic E-state index is 10.6. The fraction of sp³-hybridized carbons (Fsp3) is 0.278. The van der Waals surface area contributed by atoms with Gasteiger partial charge in [-0.1, -0.05) is 50.2 Å². The van der Waals surface area contributed by atoms with E-state index in [2.05, 4.69) is 43.4 Å². The minimum Gasteiger partial charge on any atom is -0.481 e. The van der Waals surface area contributed by atoms with Gasteiger partial charge < -0.3 is 10.4 Å². The Kier molecular flexibility index (Phi) is 4.99. The molecule has 0 heterocycles. The molecule has 0 amide bonds. The van der Waals surface area contributed by atoms with Crippen molar-refractivity contribution in [3.8, 4) is 0 Å². The van der Waals surface area contributed by atoms with Gasteiger partial charge in [-0.15, -0.1) is 0 Å². The molecule has 0 unspecified atom stereocenters. The van der Waals surface area contributed by atoms with Gasteiger partial charge in [0.2, 0.25) is 0 Å². The molecule has 110 valence electrons. The van der Waals surface area contributed by atoms with E-state index < -0.39 is 5.97 Å². The smallest absolute Gasteiger partial charge is 0.307 e. The number of rotatable bonds is 6. The van der Waals surface area contributed by atoms with Crippen LogP contribution >= 0.6 is 0 Å². The lowest BCUT2D eigenvalue weighted by Crippen LogP contribution is -2.02. The first kappa shape index (κ1) is 15.1. The molecular formula is C18H21NO2. The molecule has 2 rings (SSSR count). The quantitative estimate of drug-likeness (QED) is 0.841. The van der Waals surface area contributed by atoms with E-state index in [0.29, 0.717) is 5.92 Å². The SMILES string of the molecule is CC(C)c1ccc(CNc2ccc(CC(=O)O)cc2)cc1. The zero-order valence-electron chi connectivity index (χ0n) is 12.5. The molecule has 0 saturated heterocycles. The van der Waals surface area contributed by atoms with E-state index in [-0.39, 0.29) is 6.42 Å². The highest BCUT2D eigenvalue weighted by Gasteiger charge is 2.01. The lowest BCUT2D eigenvalue weighted by atomic mass is 10.0. The van der Waals surface area contributed by atoms with E-state index in [1.807, 2.05) is 24.3 Å². The van der Waals surface area contributed by atoms with Crippen molar-refractivity contribution in [2.45, 2.75) is 32.7 Å². The lowest BCUT2D eigenvalue weighted by molar-refractivity contribution is -0.136. The molecule has 0 fully saturated rings. The van der Waals surface area contributed by atoms with Crippen LogP contribution in [0, 0.1) is 0 Å². The maximum absolute atomic E-state index is 10.6. The van der Waals surface area contributed by atoms with Gasteiger partial charge in [-0.3, -0.25) is 4.79 Å². The first-order chi connectivity index (χ1) is 10.0. The predicted octanol–water partition coefficient (Wildman–Crippen LogP) is 4.05. The minimum atomic E-state index is -0.805. The number of carbonyl (C=O) groups is 1. The molecule has 21 heavy (non-hydrogen) atoms. The first-order valence-electron chi connectivity index (χ1n) is 7.18. The van der Waals surface area contributed by atoms with E-state index in [4.69, 9.17) is 5.11 Å². The molecule has 2 aromatic rings. The summed E-state index contributed by atoms with van der Waals surface area (Å²) in [5, 5.41) is 12.1. The molecule has 0 saturated carbocycles. The van der Waals surface area contributed by atoms with Crippen molar-refractivity contribution in [1.82, 2.24) is 0 Å². The Morgan fingerprint density at radius 2 is 1.57 bits per heavy atom. The van der Waals surface area contributed by atoms with Crippen molar-refractivity contribution in [3.05, 3.63) is 65.2 Å². The first-order valence-corrected chi connectivity index (χ1v) is 7.18. The second-order valence-corrected chi connectivity index (χ2v) is 5.52. The van der Waals surface area contributed by atoms with Crippen LogP contribution in [-0.2, 0) is 17.8 Å². The lowest BCUT2D eigenvalue weighted by Gasteiger charge is -2.09. The van der Waals surface area contributed by atoms with E-state index >= 15 is 0 Å². The van der Waals surface area contributed by atoms with Crippen molar-refractivity contribution < 1.29 is 9.90 Å². The van der Waals surface area contributed by atoms with E-state index in [0.717, 1.165) is 17.8 Å². The summed E-state index contributed by atoms with van der Waals surface area (Å²) in [7, 11) is 0. The van der Waals surface area contributed by atoms with Crippen LogP contribution in [0.5, 0.6) is 0 Å². The molecule has 2 N–H and O–H groups in total. The molecule has 3 heteroatoms. The number of anilines is 1. The standard InChI is InChI=1S/C18H21NO2/c1-13(2)16-7-3-15(4-8-16)12-19-17-9-5-14(6-10-17)11-18(20)21/h3-10,13,19H,11-12H2,1-2H3,(H,20,21). The summed E-state index contributed by atoms with van der Waals surface area (Å²) >= 11 is 0. The number of hydrogen-bond donors (Lipinski definition) is 2. The summed E-state index contributed by atoms with van der Waals surface area (Å²) in [6, 6.07) is 16.1. The number of benzene rings is 2. The Hall–Kier alpha value is -2.29. The monoisotopic (exact) mass is 283 g/mol. The Morgan fingerprint density at radius 1 is 1.00 bits per heavy atom. The van der Waals surface area contributed by atoms with Gasteiger partial charge in [-0.25, -0.2) is 0 Å². The van der Waals surface area contributed by atoms with Gasteiger partial charge in [-0.2, -0.15) is 0 Å². The molecule has 0 aliphatic carbocycles. The van der Waals surface area contributed by atoms with E-state index in [9.17, 15) is 4.79 Å². The molecule has 3 nitrogen and oxygen atoms in total. The third-order valence-corrected chi connectivity index (χ3v) is 3.45. The fourth-order valence-corrected chi connectivity index (χ4v) is 2.14. The summed E-state index contributed by atoms with van der Waals surface area (Å²) < 4.78 is 0. The van der Waals surface area contributed by atoms with E-state index in [1.165, 1.54) is 11.1 Å². The highest BCUT2D eigenvalue weighted by atomic mass is 16.4. The zero-order chi connectivity index (χ0) is 15.2. The average molecular weight is 283 g/mol. The van der Waals surface area contributed by atoms with Gasteiger partial charge in [0, 0.05) is 12.2 Å². The number of carboxylic acids is 1. The van der Waals surface area contributed by atoms with Crippen molar-refractivity contribution in [3.63, 3.8) is 0 Å². The van der Waals surface area contributed by atoms with Gasteiger partial charge in [0.05, 0.1) is 6.42 Å². The predicted molar refractivity (Wildman–Crippen MR) is 85.6 cm³/mol. The largest absolute Gasteiger partial charge is 0.481 e. The van der Waals surface area contributed by atoms with Crippen LogP contribution in [0.4, 0.5) is 5.69 Å². The normalized spacial score (nSPS) is 10.6. The Bertz CT molecular complexity index is 586. The van der Waals surface area contributed by atoms with E-state index in [1.54, 1.807) is 0 Å². The molecule has 0 bridgehead atoms. The third kappa shape index (κ3) is 4.63. The van der Waals surface area contributed by atoms with Crippen LogP contribution in [0.25, 0.3) is 0 Å². The molecule has 0 aliphatic heterocycles. The van der Waals surface area contributed by atoms with Crippen molar-refractivity contribution in [2.75, 3.05) is 5.32 Å². The summed E-state index contributed by atoms with van der Waals surface area (Å²) in [4.78, 5) is 10.6. The highest BCUT2D eigenvalue weighted by Crippen LogP contribution is 2.16. The second-order valence-electron chi connectivity index (χ2n) is 5.52. The maximum Gasteiger partial charge on any atom is 0.307 e. The molecule has 0 aliphatic rings. The molecule has 0 aromatic heterocycles. The zero-order valence-corrected chi connectivity index (χ0v) is 12.5. The number of nitrogens with one attached hydrogen (secondary N) is 1. The molecular weight excluding hydrogens is 262 g/mol. The summed E-state index contributed by atoms with van der Waals surface area (Å²) in [5.41, 5.74) is 4.39. The average Bonchev–Trinajstić information content (AvgIpc) is 2.46. The minimum absolute atomic E-state index is 0.0664. The van der Waals surface area contributed by atoms with Crippen molar-refractivity contribution in [2.24, 2.45) is 0 Å². The molecule has 0 atom stereocenters. The van der Waals surface area contributed by atoms with Crippen LogP contribution in [0.3, 0.4) is 0 Å². The van der Waals surface area contributed by atoms with Gasteiger partial charge in [0.15, 0.2) is 0 Å². The van der Waals surface area contributed by atoms with Crippen LogP contribution in [0.15, 0.2) is 48.5 Å². The highest BCUT2D eigenvalue weighted by molar-refractivity contribution is 5.70.